The van der Waals surface area contributed by atoms with Gasteiger partial charge in [0.2, 0.25) is 5.91 Å². The van der Waals surface area contributed by atoms with Crippen LogP contribution in [-0.2, 0) is 4.79 Å². The van der Waals surface area contributed by atoms with Crippen LogP contribution in [0.1, 0.15) is 37.3 Å². The molecule has 118 valence electrons. The van der Waals surface area contributed by atoms with Crippen molar-refractivity contribution < 1.29 is 9.21 Å². The van der Waals surface area contributed by atoms with Crippen LogP contribution in [0.25, 0.3) is 0 Å². The largest absolute Gasteiger partial charge is 0.465 e. The molecular weight excluding hydrogens is 266 g/mol. The van der Waals surface area contributed by atoms with Gasteiger partial charge in [-0.3, -0.25) is 9.69 Å². The first-order valence-corrected chi connectivity index (χ1v) is 7.70. The molecule has 2 rings (SSSR count). The lowest BCUT2D eigenvalue weighted by Gasteiger charge is -2.33. The predicted octanol–water partition coefficient (Wildman–Crippen LogP) is 1.79. The van der Waals surface area contributed by atoms with Crippen molar-refractivity contribution in [2.45, 2.75) is 38.8 Å². The minimum absolute atomic E-state index is 0.181. The number of likely N-dealkylation sites (N-methyl/N-ethyl adjacent to an activating group) is 1. The topological polar surface area (TPSA) is 48.7 Å². The van der Waals surface area contributed by atoms with Gasteiger partial charge < -0.3 is 14.6 Å². The number of aryl methyl sites for hydroxylation is 1. The fourth-order valence-electron chi connectivity index (χ4n) is 2.71. The molecule has 1 aliphatic heterocycles. The summed E-state index contributed by atoms with van der Waals surface area (Å²) in [6.45, 7) is 6.59. The van der Waals surface area contributed by atoms with Gasteiger partial charge in [0.1, 0.15) is 11.5 Å². The van der Waals surface area contributed by atoms with Gasteiger partial charge in [-0.05, 0) is 38.8 Å². The van der Waals surface area contributed by atoms with E-state index in [2.05, 4.69) is 17.1 Å². The molecule has 1 unspecified atom stereocenters. The Hall–Kier alpha value is -1.33. The van der Waals surface area contributed by atoms with E-state index in [0.29, 0.717) is 12.6 Å². The molecule has 21 heavy (non-hydrogen) atoms. The molecule has 2 heterocycles. The first kappa shape index (κ1) is 16.0. The SMILES string of the molecule is Cc1ccc(C(C)NC2CCN(CC(=O)N(C)C)CC2)o1. The van der Waals surface area contributed by atoms with Crippen LogP contribution in [0, 0.1) is 6.92 Å². The lowest BCUT2D eigenvalue weighted by Crippen LogP contribution is -2.46. The number of nitrogens with zero attached hydrogens (tertiary/aromatic N) is 2. The Morgan fingerprint density at radius 2 is 2.10 bits per heavy atom. The molecule has 0 spiro atoms. The van der Waals surface area contributed by atoms with Crippen molar-refractivity contribution in [3.63, 3.8) is 0 Å². The van der Waals surface area contributed by atoms with Crippen LogP contribution in [0.15, 0.2) is 16.5 Å². The number of hydrogen-bond donors (Lipinski definition) is 1. The van der Waals surface area contributed by atoms with Crippen LogP contribution in [-0.4, -0.2) is 55.5 Å². The lowest BCUT2D eigenvalue weighted by atomic mass is 10.0. The Morgan fingerprint density at radius 1 is 1.43 bits per heavy atom. The molecule has 1 aromatic rings. The molecule has 0 radical (unpaired) electrons. The van der Waals surface area contributed by atoms with Crippen molar-refractivity contribution >= 4 is 5.91 Å². The Bertz CT molecular complexity index is 462. The van der Waals surface area contributed by atoms with E-state index in [1.54, 1.807) is 4.90 Å². The zero-order chi connectivity index (χ0) is 15.4. The van der Waals surface area contributed by atoms with Gasteiger partial charge >= 0.3 is 0 Å². The summed E-state index contributed by atoms with van der Waals surface area (Å²) < 4.78 is 5.66. The molecule has 0 bridgehead atoms. The molecule has 0 saturated carbocycles. The highest BCUT2D eigenvalue weighted by atomic mass is 16.3. The second-order valence-corrected chi connectivity index (χ2v) is 6.18. The van der Waals surface area contributed by atoms with Crippen molar-refractivity contribution in [3.8, 4) is 0 Å². The molecule has 0 aliphatic carbocycles. The van der Waals surface area contributed by atoms with E-state index in [4.69, 9.17) is 4.42 Å². The maximum absolute atomic E-state index is 11.7. The standard InChI is InChI=1S/C16H27N3O2/c1-12-5-6-15(21-12)13(2)17-14-7-9-19(10-8-14)11-16(20)18(3)4/h5-6,13-14,17H,7-11H2,1-4H3. The van der Waals surface area contributed by atoms with Crippen LogP contribution >= 0.6 is 0 Å². The average Bonchev–Trinajstić information content (AvgIpc) is 2.87. The van der Waals surface area contributed by atoms with Crippen molar-refractivity contribution in [2.75, 3.05) is 33.7 Å². The first-order chi connectivity index (χ1) is 9.95. The van der Waals surface area contributed by atoms with Crippen molar-refractivity contribution in [1.29, 1.82) is 0 Å². The minimum atomic E-state index is 0.181. The van der Waals surface area contributed by atoms with Gasteiger partial charge in [-0.2, -0.15) is 0 Å². The average molecular weight is 293 g/mol. The summed E-state index contributed by atoms with van der Waals surface area (Å²) in [7, 11) is 3.62. The summed E-state index contributed by atoms with van der Waals surface area (Å²) >= 11 is 0. The monoisotopic (exact) mass is 293 g/mol. The summed E-state index contributed by atoms with van der Waals surface area (Å²) in [5.74, 6) is 2.13. The molecule has 1 saturated heterocycles. The van der Waals surface area contributed by atoms with E-state index < -0.39 is 0 Å². The molecule has 1 N–H and O–H groups in total. The molecular formula is C16H27N3O2. The zero-order valence-electron chi connectivity index (χ0n) is 13.6. The third-order valence-corrected chi connectivity index (χ3v) is 4.12. The van der Waals surface area contributed by atoms with E-state index in [1.165, 1.54) is 0 Å². The Morgan fingerprint density at radius 3 is 2.62 bits per heavy atom. The smallest absolute Gasteiger partial charge is 0.236 e. The highest BCUT2D eigenvalue weighted by Gasteiger charge is 2.23. The zero-order valence-corrected chi connectivity index (χ0v) is 13.6. The summed E-state index contributed by atoms with van der Waals surface area (Å²) in [6, 6.07) is 4.77. The van der Waals surface area contributed by atoms with Crippen LogP contribution in [0.3, 0.4) is 0 Å². The third kappa shape index (κ3) is 4.58. The number of piperidine rings is 1. The second-order valence-electron chi connectivity index (χ2n) is 6.18. The summed E-state index contributed by atoms with van der Waals surface area (Å²) in [5.41, 5.74) is 0. The Kier molecular flexibility index (Phi) is 5.42. The Labute approximate surface area is 127 Å². The molecule has 1 amide bonds. The molecule has 1 aromatic heterocycles. The van der Waals surface area contributed by atoms with Crippen molar-refractivity contribution in [3.05, 3.63) is 23.7 Å². The minimum Gasteiger partial charge on any atom is -0.465 e. The Balaban J connectivity index is 1.75. The van der Waals surface area contributed by atoms with Crippen LogP contribution in [0.2, 0.25) is 0 Å². The van der Waals surface area contributed by atoms with E-state index in [1.807, 2.05) is 33.2 Å². The van der Waals surface area contributed by atoms with E-state index in [0.717, 1.165) is 37.5 Å². The molecule has 1 atom stereocenters. The summed E-state index contributed by atoms with van der Waals surface area (Å²) in [5, 5.41) is 3.63. The van der Waals surface area contributed by atoms with Crippen molar-refractivity contribution in [2.24, 2.45) is 0 Å². The fourth-order valence-corrected chi connectivity index (χ4v) is 2.71. The maximum atomic E-state index is 11.7. The summed E-state index contributed by atoms with van der Waals surface area (Å²) in [4.78, 5) is 15.6. The molecule has 1 aliphatic rings. The highest BCUT2D eigenvalue weighted by Crippen LogP contribution is 2.19. The molecule has 5 heteroatoms. The maximum Gasteiger partial charge on any atom is 0.236 e. The molecule has 0 aromatic carbocycles. The number of likely N-dealkylation sites (tertiary alicyclic amines) is 1. The molecule has 5 nitrogen and oxygen atoms in total. The van der Waals surface area contributed by atoms with Gasteiger partial charge in [0.25, 0.3) is 0 Å². The van der Waals surface area contributed by atoms with Crippen LogP contribution < -0.4 is 5.32 Å². The normalized spacial score (nSPS) is 18.7. The van der Waals surface area contributed by atoms with Crippen LogP contribution in [0.4, 0.5) is 0 Å². The number of rotatable bonds is 5. The summed E-state index contributed by atoms with van der Waals surface area (Å²) in [6.07, 6.45) is 2.15. The van der Waals surface area contributed by atoms with Crippen molar-refractivity contribution in [1.82, 2.24) is 15.1 Å². The first-order valence-electron chi connectivity index (χ1n) is 7.70. The third-order valence-electron chi connectivity index (χ3n) is 4.12. The molecule has 1 fully saturated rings. The number of carbonyl (C=O) groups excluding carboxylic acids is 1. The fraction of sp³-hybridized carbons (Fsp3) is 0.688. The van der Waals surface area contributed by atoms with Gasteiger partial charge in [0.05, 0.1) is 12.6 Å². The number of amides is 1. The number of nitrogens with one attached hydrogen (secondary N) is 1. The lowest BCUT2D eigenvalue weighted by molar-refractivity contribution is -0.130. The van der Waals surface area contributed by atoms with E-state index in [-0.39, 0.29) is 11.9 Å². The van der Waals surface area contributed by atoms with Gasteiger partial charge in [-0.1, -0.05) is 0 Å². The quantitative estimate of drug-likeness (QED) is 0.899. The van der Waals surface area contributed by atoms with Crippen LogP contribution in [0.5, 0.6) is 0 Å². The van der Waals surface area contributed by atoms with E-state index in [9.17, 15) is 4.79 Å². The van der Waals surface area contributed by atoms with E-state index >= 15 is 0 Å². The van der Waals surface area contributed by atoms with Gasteiger partial charge in [-0.25, -0.2) is 0 Å². The number of carbonyl (C=O) groups is 1. The highest BCUT2D eigenvalue weighted by molar-refractivity contribution is 5.77. The predicted molar refractivity (Wildman–Crippen MR) is 83.2 cm³/mol. The van der Waals surface area contributed by atoms with Gasteiger partial charge in [0.15, 0.2) is 0 Å². The number of hydrogen-bond acceptors (Lipinski definition) is 4. The number of furan rings is 1. The van der Waals surface area contributed by atoms with Gasteiger partial charge in [0, 0.05) is 33.2 Å². The van der Waals surface area contributed by atoms with Gasteiger partial charge in [-0.15, -0.1) is 0 Å². The second kappa shape index (κ2) is 7.09.